The fraction of sp³-hybridized carbons (Fsp3) is 0.500. The van der Waals surface area contributed by atoms with E-state index in [9.17, 15) is 4.79 Å². The first-order chi connectivity index (χ1) is 8.71. The minimum atomic E-state index is -0.735. The van der Waals surface area contributed by atoms with E-state index in [-0.39, 0.29) is 4.87 Å². The van der Waals surface area contributed by atoms with E-state index in [1.54, 1.807) is 11.8 Å². The first kappa shape index (κ1) is 12.1. The number of aliphatic carboxylic acids is 1. The van der Waals surface area contributed by atoms with Gasteiger partial charge in [-0.15, -0.1) is 11.8 Å². The summed E-state index contributed by atoms with van der Waals surface area (Å²) in [5.74, 6) is -0.0787. The summed E-state index contributed by atoms with van der Waals surface area (Å²) in [5, 5.41) is 12.5. The summed E-state index contributed by atoms with van der Waals surface area (Å²) in [4.78, 5) is 11.0. The van der Waals surface area contributed by atoms with Crippen LogP contribution in [0.3, 0.4) is 0 Å². The van der Waals surface area contributed by atoms with Gasteiger partial charge in [-0.05, 0) is 30.4 Å². The Labute approximate surface area is 111 Å². The molecular weight excluding hydrogens is 246 g/mol. The Morgan fingerprint density at radius 3 is 3.00 bits per heavy atom. The number of aryl methyl sites for hydroxylation is 1. The molecule has 0 radical (unpaired) electrons. The maximum absolute atomic E-state index is 11.1. The molecule has 1 aliphatic heterocycles. The van der Waals surface area contributed by atoms with Crippen molar-refractivity contribution in [2.24, 2.45) is 0 Å². The summed E-state index contributed by atoms with van der Waals surface area (Å²) in [6.45, 7) is 0. The highest BCUT2D eigenvalue weighted by atomic mass is 32.2. The molecule has 2 atom stereocenters. The largest absolute Gasteiger partial charge is 0.480 e. The Bertz CT molecular complexity index is 477. The topological polar surface area (TPSA) is 49.3 Å². The summed E-state index contributed by atoms with van der Waals surface area (Å²) in [6, 6.07) is 8.05. The van der Waals surface area contributed by atoms with Gasteiger partial charge in [-0.1, -0.05) is 30.7 Å². The van der Waals surface area contributed by atoms with Crippen LogP contribution < -0.4 is 5.32 Å². The normalized spacial score (nSPS) is 31.0. The van der Waals surface area contributed by atoms with Gasteiger partial charge in [-0.25, -0.2) is 0 Å². The fourth-order valence-electron chi connectivity index (χ4n) is 2.98. The third kappa shape index (κ3) is 1.93. The van der Waals surface area contributed by atoms with E-state index >= 15 is 0 Å². The summed E-state index contributed by atoms with van der Waals surface area (Å²) in [7, 11) is 0. The molecule has 2 aliphatic rings. The Balaban J connectivity index is 1.99. The number of rotatable bonds is 1. The molecule has 2 unspecified atom stereocenters. The van der Waals surface area contributed by atoms with E-state index in [2.05, 4.69) is 29.6 Å². The number of fused-ring (bicyclic) bond motifs is 2. The van der Waals surface area contributed by atoms with Gasteiger partial charge in [0.05, 0.1) is 4.87 Å². The van der Waals surface area contributed by atoms with Crippen molar-refractivity contribution >= 4 is 17.7 Å². The average molecular weight is 263 g/mol. The van der Waals surface area contributed by atoms with Crippen LogP contribution in [-0.2, 0) is 16.1 Å². The van der Waals surface area contributed by atoms with Crippen molar-refractivity contribution in [2.45, 2.75) is 36.6 Å². The molecule has 1 aliphatic carbocycles. The predicted octanol–water partition coefficient (Wildman–Crippen LogP) is 2.36. The quantitative estimate of drug-likeness (QED) is 0.816. The first-order valence-electron chi connectivity index (χ1n) is 6.44. The van der Waals surface area contributed by atoms with Crippen molar-refractivity contribution in [2.75, 3.05) is 5.75 Å². The third-order valence-electron chi connectivity index (χ3n) is 3.88. The highest BCUT2D eigenvalue weighted by Crippen LogP contribution is 2.46. The number of hydrogen-bond donors (Lipinski definition) is 2. The van der Waals surface area contributed by atoms with Gasteiger partial charge in [0.15, 0.2) is 0 Å². The van der Waals surface area contributed by atoms with E-state index < -0.39 is 12.0 Å². The van der Waals surface area contributed by atoms with Gasteiger partial charge >= 0.3 is 5.97 Å². The zero-order chi connectivity index (χ0) is 12.6. The van der Waals surface area contributed by atoms with Gasteiger partial charge in [0.1, 0.15) is 6.04 Å². The fourth-order valence-corrected chi connectivity index (χ4v) is 4.53. The van der Waals surface area contributed by atoms with Crippen molar-refractivity contribution in [1.29, 1.82) is 0 Å². The Morgan fingerprint density at radius 2 is 2.22 bits per heavy atom. The number of hydrogen-bond acceptors (Lipinski definition) is 3. The number of thioether (sulfide) groups is 1. The first-order valence-corrected chi connectivity index (χ1v) is 7.43. The lowest BCUT2D eigenvalue weighted by Crippen LogP contribution is -2.43. The molecule has 1 aromatic carbocycles. The number of carboxylic acid groups (broad SMARTS) is 1. The van der Waals surface area contributed by atoms with Gasteiger partial charge in [0.2, 0.25) is 0 Å². The molecule has 96 valence electrons. The lowest BCUT2D eigenvalue weighted by Gasteiger charge is -2.30. The zero-order valence-corrected chi connectivity index (χ0v) is 11.0. The lowest BCUT2D eigenvalue weighted by molar-refractivity contribution is -0.138. The summed E-state index contributed by atoms with van der Waals surface area (Å²) < 4.78 is 0. The van der Waals surface area contributed by atoms with E-state index in [4.69, 9.17) is 5.11 Å². The second kappa shape index (κ2) is 4.59. The summed E-state index contributed by atoms with van der Waals surface area (Å²) in [6.07, 6.45) is 4.48. The number of benzene rings is 1. The van der Waals surface area contributed by atoms with Crippen LogP contribution in [0.15, 0.2) is 24.3 Å². The Kier molecular flexibility index (Phi) is 3.08. The SMILES string of the molecule is O=C(O)C1CSC2(CCCCc3ccccc32)N1. The summed E-state index contributed by atoms with van der Waals surface area (Å²) >= 11 is 1.77. The van der Waals surface area contributed by atoms with Gasteiger partial charge < -0.3 is 5.11 Å². The number of carbonyl (C=O) groups is 1. The molecule has 0 amide bonds. The molecule has 0 bridgehead atoms. The molecule has 0 saturated carbocycles. The average Bonchev–Trinajstić information content (AvgIpc) is 2.72. The molecule has 2 N–H and O–H groups in total. The number of nitrogens with one attached hydrogen (secondary N) is 1. The highest BCUT2D eigenvalue weighted by molar-refractivity contribution is 8.00. The molecule has 4 heteroatoms. The van der Waals surface area contributed by atoms with E-state index in [0.717, 1.165) is 19.3 Å². The maximum atomic E-state index is 11.1. The highest BCUT2D eigenvalue weighted by Gasteiger charge is 2.44. The number of carboxylic acids is 1. The molecule has 1 heterocycles. The van der Waals surface area contributed by atoms with Crippen LogP contribution in [0.4, 0.5) is 0 Å². The van der Waals surface area contributed by atoms with Crippen molar-refractivity contribution < 1.29 is 9.90 Å². The van der Waals surface area contributed by atoms with Gasteiger partial charge in [-0.3, -0.25) is 10.1 Å². The second-order valence-electron chi connectivity index (χ2n) is 5.04. The minimum Gasteiger partial charge on any atom is -0.480 e. The monoisotopic (exact) mass is 263 g/mol. The molecule has 0 aromatic heterocycles. The molecule has 3 nitrogen and oxygen atoms in total. The van der Waals surface area contributed by atoms with Crippen LogP contribution in [0.2, 0.25) is 0 Å². The molecule has 1 saturated heterocycles. The second-order valence-corrected chi connectivity index (χ2v) is 6.36. The van der Waals surface area contributed by atoms with Crippen LogP contribution in [0.25, 0.3) is 0 Å². The molecule has 1 aromatic rings. The van der Waals surface area contributed by atoms with Gasteiger partial charge in [0, 0.05) is 5.75 Å². The standard InChI is InChI=1S/C14H17NO2S/c16-13(17)12-9-18-14(15-12)8-4-3-6-10-5-1-2-7-11(10)14/h1-2,5,7,12,15H,3-4,6,8-9H2,(H,16,17). The van der Waals surface area contributed by atoms with Crippen LogP contribution in [-0.4, -0.2) is 22.9 Å². The van der Waals surface area contributed by atoms with E-state index in [1.807, 2.05) is 0 Å². The van der Waals surface area contributed by atoms with Crippen molar-refractivity contribution in [1.82, 2.24) is 5.32 Å². The minimum absolute atomic E-state index is 0.170. The molecule has 18 heavy (non-hydrogen) atoms. The molecule has 1 spiro atoms. The lowest BCUT2D eigenvalue weighted by atomic mass is 9.98. The Hall–Kier alpha value is -1.00. The van der Waals surface area contributed by atoms with Gasteiger partial charge in [0.25, 0.3) is 0 Å². The van der Waals surface area contributed by atoms with E-state index in [1.165, 1.54) is 17.5 Å². The van der Waals surface area contributed by atoms with Gasteiger partial charge in [-0.2, -0.15) is 0 Å². The summed E-state index contributed by atoms with van der Waals surface area (Å²) in [5.41, 5.74) is 2.68. The molecule has 3 rings (SSSR count). The van der Waals surface area contributed by atoms with Crippen molar-refractivity contribution in [3.63, 3.8) is 0 Å². The third-order valence-corrected chi connectivity index (χ3v) is 5.41. The van der Waals surface area contributed by atoms with Crippen molar-refractivity contribution in [3.8, 4) is 0 Å². The van der Waals surface area contributed by atoms with Crippen LogP contribution in [0, 0.1) is 0 Å². The maximum Gasteiger partial charge on any atom is 0.321 e. The molecular formula is C14H17NO2S. The van der Waals surface area contributed by atoms with Crippen molar-refractivity contribution in [3.05, 3.63) is 35.4 Å². The predicted molar refractivity (Wildman–Crippen MR) is 72.7 cm³/mol. The smallest absolute Gasteiger partial charge is 0.321 e. The van der Waals surface area contributed by atoms with Crippen LogP contribution >= 0.6 is 11.8 Å². The Morgan fingerprint density at radius 1 is 1.39 bits per heavy atom. The van der Waals surface area contributed by atoms with Crippen LogP contribution in [0.1, 0.15) is 30.4 Å². The molecule has 1 fully saturated rings. The van der Waals surface area contributed by atoms with E-state index in [0.29, 0.717) is 5.75 Å². The zero-order valence-electron chi connectivity index (χ0n) is 10.2. The van der Waals surface area contributed by atoms with Crippen LogP contribution in [0.5, 0.6) is 0 Å².